The lowest BCUT2D eigenvalue weighted by Crippen LogP contribution is -2.01. The molecule has 3 aromatic heterocycles. The van der Waals surface area contributed by atoms with Gasteiger partial charge in [0.1, 0.15) is 18.0 Å². The Morgan fingerprint density at radius 2 is 1.72 bits per heavy atom. The van der Waals surface area contributed by atoms with Crippen LogP contribution in [0.3, 0.4) is 0 Å². The average Bonchev–Trinajstić information content (AvgIpc) is 3.35. The second-order valence-corrected chi connectivity index (χ2v) is 6.92. The summed E-state index contributed by atoms with van der Waals surface area (Å²) in [6.07, 6.45) is 1.56. The maximum absolute atomic E-state index is 12.9. The largest absolute Gasteiger partial charge is 0.489 e. The molecule has 0 unspecified atom stereocenters. The highest BCUT2D eigenvalue weighted by atomic mass is 16.5. The number of hydrogen-bond donors (Lipinski definition) is 3. The Kier molecular flexibility index (Phi) is 4.02. The van der Waals surface area contributed by atoms with Crippen LogP contribution in [0.5, 0.6) is 5.75 Å². The second kappa shape index (κ2) is 6.83. The van der Waals surface area contributed by atoms with Crippen LogP contribution in [0.1, 0.15) is 21.7 Å². The van der Waals surface area contributed by atoms with Crippen LogP contribution in [-0.4, -0.2) is 20.7 Å². The Morgan fingerprint density at radius 3 is 2.59 bits per heavy atom. The zero-order valence-electron chi connectivity index (χ0n) is 15.5. The fraction of sp³-hybridized carbons (Fsp3) is 0.0435. The molecule has 0 aliphatic rings. The van der Waals surface area contributed by atoms with E-state index in [0.717, 1.165) is 27.6 Å². The lowest BCUT2D eigenvalue weighted by Gasteiger charge is -2.06. The first-order valence-corrected chi connectivity index (χ1v) is 9.24. The summed E-state index contributed by atoms with van der Waals surface area (Å²) >= 11 is 0. The molecule has 29 heavy (non-hydrogen) atoms. The van der Waals surface area contributed by atoms with Crippen LogP contribution in [0, 0.1) is 0 Å². The molecule has 6 nitrogen and oxygen atoms in total. The molecule has 142 valence electrons. The smallest absolute Gasteiger partial charge is 0.225 e. The van der Waals surface area contributed by atoms with Gasteiger partial charge in [-0.3, -0.25) is 4.79 Å². The molecule has 5 aromatic rings. The van der Waals surface area contributed by atoms with E-state index in [2.05, 4.69) is 15.0 Å². The third-order valence-corrected chi connectivity index (χ3v) is 4.82. The van der Waals surface area contributed by atoms with Gasteiger partial charge in [0, 0.05) is 16.3 Å². The topological polar surface area (TPSA) is 96.8 Å². The van der Waals surface area contributed by atoms with Crippen molar-refractivity contribution in [1.82, 2.24) is 15.0 Å². The maximum Gasteiger partial charge on any atom is 0.225 e. The molecule has 5 rings (SSSR count). The normalized spacial score (nSPS) is 11.2. The molecular weight excluding hydrogens is 364 g/mol. The summed E-state index contributed by atoms with van der Waals surface area (Å²) < 4.78 is 5.88. The van der Waals surface area contributed by atoms with Crippen molar-refractivity contribution in [3.05, 3.63) is 89.9 Å². The van der Waals surface area contributed by atoms with Crippen molar-refractivity contribution < 1.29 is 9.53 Å². The number of nitrogen functional groups attached to an aromatic ring is 1. The Bertz CT molecular complexity index is 1340. The highest BCUT2D eigenvalue weighted by Gasteiger charge is 2.15. The standard InChI is InChI=1S/C23H18N4O2/c24-17-8-16-11-21(27-23(16)25-12-17)22(28)20-10-15-9-18(6-7-19(15)26-20)29-13-14-4-2-1-3-5-14/h1-12,26H,13,24H2,(H,25,27). The number of carbonyl (C=O) groups excluding carboxylic acids is 1. The van der Waals surface area contributed by atoms with E-state index < -0.39 is 0 Å². The minimum Gasteiger partial charge on any atom is -0.489 e. The summed E-state index contributed by atoms with van der Waals surface area (Å²) in [5, 5.41) is 1.72. The van der Waals surface area contributed by atoms with Crippen molar-refractivity contribution in [3.8, 4) is 5.75 Å². The number of nitrogens with two attached hydrogens (primary N) is 1. The van der Waals surface area contributed by atoms with E-state index in [4.69, 9.17) is 10.5 Å². The molecule has 0 atom stereocenters. The van der Waals surface area contributed by atoms with Gasteiger partial charge in [-0.15, -0.1) is 0 Å². The molecule has 4 N–H and O–H groups in total. The van der Waals surface area contributed by atoms with Crippen LogP contribution in [0.4, 0.5) is 5.69 Å². The summed E-state index contributed by atoms with van der Waals surface area (Å²) in [5.41, 5.74) is 9.90. The molecule has 2 aromatic carbocycles. The predicted molar refractivity (Wildman–Crippen MR) is 113 cm³/mol. The number of rotatable bonds is 5. The van der Waals surface area contributed by atoms with Crippen molar-refractivity contribution >= 4 is 33.4 Å². The van der Waals surface area contributed by atoms with Crippen molar-refractivity contribution in [3.63, 3.8) is 0 Å². The van der Waals surface area contributed by atoms with E-state index in [1.165, 1.54) is 0 Å². The zero-order chi connectivity index (χ0) is 19.8. The van der Waals surface area contributed by atoms with Gasteiger partial charge < -0.3 is 20.4 Å². The third kappa shape index (κ3) is 3.32. The fourth-order valence-electron chi connectivity index (χ4n) is 3.36. The van der Waals surface area contributed by atoms with Crippen LogP contribution < -0.4 is 10.5 Å². The number of aromatic nitrogens is 3. The number of pyridine rings is 1. The number of benzene rings is 2. The van der Waals surface area contributed by atoms with Crippen LogP contribution in [0.2, 0.25) is 0 Å². The highest BCUT2D eigenvalue weighted by Crippen LogP contribution is 2.24. The minimum atomic E-state index is -0.135. The first kappa shape index (κ1) is 17.1. The monoisotopic (exact) mass is 382 g/mol. The van der Waals surface area contributed by atoms with Gasteiger partial charge in [0.25, 0.3) is 0 Å². The average molecular weight is 382 g/mol. The SMILES string of the molecule is Nc1cnc2[nH]c(C(=O)c3cc4cc(OCc5ccccc5)ccc4[nH]3)cc2c1. The number of nitrogens with one attached hydrogen (secondary N) is 2. The number of hydrogen-bond acceptors (Lipinski definition) is 4. The molecule has 0 aliphatic heterocycles. The number of nitrogens with zero attached hydrogens (tertiary/aromatic N) is 1. The molecule has 3 heterocycles. The number of fused-ring (bicyclic) bond motifs is 2. The van der Waals surface area contributed by atoms with E-state index in [0.29, 0.717) is 29.3 Å². The van der Waals surface area contributed by atoms with Crippen LogP contribution >= 0.6 is 0 Å². The van der Waals surface area contributed by atoms with E-state index in [1.807, 2.05) is 54.6 Å². The Balaban J connectivity index is 1.40. The Labute approximate surface area is 166 Å². The molecule has 0 saturated carbocycles. The molecular formula is C23H18N4O2. The van der Waals surface area contributed by atoms with Crippen molar-refractivity contribution in [2.45, 2.75) is 6.61 Å². The van der Waals surface area contributed by atoms with Gasteiger partial charge >= 0.3 is 0 Å². The quantitative estimate of drug-likeness (QED) is 0.392. The first-order valence-electron chi connectivity index (χ1n) is 9.24. The summed E-state index contributed by atoms with van der Waals surface area (Å²) in [6.45, 7) is 0.494. The van der Waals surface area contributed by atoms with E-state index in [9.17, 15) is 4.79 Å². The van der Waals surface area contributed by atoms with E-state index >= 15 is 0 Å². The Morgan fingerprint density at radius 1 is 0.931 bits per heavy atom. The van der Waals surface area contributed by atoms with Crippen LogP contribution in [-0.2, 0) is 6.61 Å². The van der Waals surface area contributed by atoms with Gasteiger partial charge in [0.15, 0.2) is 0 Å². The zero-order valence-corrected chi connectivity index (χ0v) is 15.5. The first-order chi connectivity index (χ1) is 14.2. The Hall–Kier alpha value is -4.06. The number of H-pyrrole nitrogens is 2. The lowest BCUT2D eigenvalue weighted by atomic mass is 10.2. The molecule has 0 aliphatic carbocycles. The maximum atomic E-state index is 12.9. The molecule has 0 saturated heterocycles. The van der Waals surface area contributed by atoms with Gasteiger partial charge in [0.2, 0.25) is 5.78 Å². The van der Waals surface area contributed by atoms with E-state index in [1.54, 1.807) is 18.3 Å². The van der Waals surface area contributed by atoms with Crippen molar-refractivity contribution in [2.24, 2.45) is 0 Å². The third-order valence-electron chi connectivity index (χ3n) is 4.82. The number of anilines is 1. The molecule has 0 fully saturated rings. The van der Waals surface area contributed by atoms with Gasteiger partial charge in [0.05, 0.1) is 23.3 Å². The number of ketones is 1. The number of ether oxygens (including phenoxy) is 1. The van der Waals surface area contributed by atoms with Gasteiger partial charge in [-0.25, -0.2) is 4.98 Å². The summed E-state index contributed by atoms with van der Waals surface area (Å²) in [5.74, 6) is 0.620. The van der Waals surface area contributed by atoms with Gasteiger partial charge in [-0.1, -0.05) is 30.3 Å². The second-order valence-electron chi connectivity index (χ2n) is 6.92. The van der Waals surface area contributed by atoms with Gasteiger partial charge in [-0.05, 0) is 42.0 Å². The molecule has 6 heteroatoms. The predicted octanol–water partition coefficient (Wildman–Crippen LogP) is 4.44. The number of aromatic amines is 2. The summed E-state index contributed by atoms with van der Waals surface area (Å²) in [6, 6.07) is 21.1. The summed E-state index contributed by atoms with van der Waals surface area (Å²) in [7, 11) is 0. The van der Waals surface area contributed by atoms with Crippen molar-refractivity contribution in [1.29, 1.82) is 0 Å². The van der Waals surface area contributed by atoms with E-state index in [-0.39, 0.29) is 5.78 Å². The number of carbonyl (C=O) groups is 1. The lowest BCUT2D eigenvalue weighted by molar-refractivity contribution is 0.103. The van der Waals surface area contributed by atoms with Crippen LogP contribution in [0.15, 0.2) is 72.9 Å². The van der Waals surface area contributed by atoms with Crippen molar-refractivity contribution in [2.75, 3.05) is 5.73 Å². The molecule has 0 amide bonds. The highest BCUT2D eigenvalue weighted by molar-refractivity contribution is 6.11. The molecule has 0 spiro atoms. The fourth-order valence-corrected chi connectivity index (χ4v) is 3.36. The molecule has 0 bridgehead atoms. The molecule has 0 radical (unpaired) electrons. The summed E-state index contributed by atoms with van der Waals surface area (Å²) in [4.78, 5) is 23.4. The van der Waals surface area contributed by atoms with Gasteiger partial charge in [-0.2, -0.15) is 0 Å². The van der Waals surface area contributed by atoms with Crippen LogP contribution in [0.25, 0.3) is 21.9 Å². The minimum absolute atomic E-state index is 0.135.